The lowest BCUT2D eigenvalue weighted by Gasteiger charge is -2.30. The van der Waals surface area contributed by atoms with Crippen LogP contribution in [0.2, 0.25) is 0 Å². The van der Waals surface area contributed by atoms with E-state index in [2.05, 4.69) is 36.5 Å². The number of thioether (sulfide) groups is 1. The van der Waals surface area contributed by atoms with E-state index in [1.165, 1.54) is 11.1 Å². The van der Waals surface area contributed by atoms with E-state index < -0.39 is 6.04 Å². The summed E-state index contributed by atoms with van der Waals surface area (Å²) in [6.45, 7) is 6.48. The Morgan fingerprint density at radius 2 is 1.64 bits per heavy atom. The fourth-order valence-corrected chi connectivity index (χ4v) is 4.09. The zero-order valence-electron chi connectivity index (χ0n) is 17.2. The number of nitrogens with zero attached hydrogens (tertiary/aromatic N) is 1. The molecule has 0 bridgehead atoms. The van der Waals surface area contributed by atoms with Crippen molar-refractivity contribution in [2.75, 3.05) is 12.8 Å². The maximum atomic E-state index is 13.0. The summed E-state index contributed by atoms with van der Waals surface area (Å²) >= 11 is 1.59. The number of carbonyl (C=O) groups is 2. The molecule has 0 unspecified atom stereocenters. The van der Waals surface area contributed by atoms with Crippen molar-refractivity contribution in [3.05, 3.63) is 70.8 Å². The largest absolute Gasteiger partial charge is 0.357 e. The van der Waals surface area contributed by atoms with Crippen LogP contribution in [-0.2, 0) is 21.9 Å². The molecule has 0 aliphatic heterocycles. The van der Waals surface area contributed by atoms with Crippen LogP contribution in [0.25, 0.3) is 0 Å². The molecule has 1 atom stereocenters. The molecule has 0 radical (unpaired) electrons. The van der Waals surface area contributed by atoms with Crippen LogP contribution in [0.5, 0.6) is 0 Å². The molecule has 2 rings (SSSR count). The summed E-state index contributed by atoms with van der Waals surface area (Å²) in [6.07, 6.45) is 0.583. The molecule has 0 spiro atoms. The predicted octanol–water partition coefficient (Wildman–Crippen LogP) is 4.09. The summed E-state index contributed by atoms with van der Waals surface area (Å²) in [4.78, 5) is 27.1. The van der Waals surface area contributed by atoms with E-state index in [4.69, 9.17) is 0 Å². The monoisotopic (exact) mass is 398 g/mol. The highest BCUT2D eigenvalue weighted by Gasteiger charge is 2.27. The first-order valence-corrected chi connectivity index (χ1v) is 10.8. The SMILES string of the molecule is CC[C@H](C(=O)NC)N(Cc1cccc(C)c1)C(=O)CSCc1cccc(C)c1. The number of hydrogen-bond donors (Lipinski definition) is 1. The molecule has 0 fully saturated rings. The predicted molar refractivity (Wildman–Crippen MR) is 117 cm³/mol. The smallest absolute Gasteiger partial charge is 0.242 e. The third-order valence-corrected chi connectivity index (χ3v) is 5.63. The maximum Gasteiger partial charge on any atom is 0.242 e. The molecule has 0 heterocycles. The number of carbonyl (C=O) groups excluding carboxylic acids is 2. The average molecular weight is 399 g/mol. The Morgan fingerprint density at radius 1 is 1.04 bits per heavy atom. The van der Waals surface area contributed by atoms with E-state index >= 15 is 0 Å². The van der Waals surface area contributed by atoms with Crippen LogP contribution >= 0.6 is 11.8 Å². The van der Waals surface area contributed by atoms with Crippen molar-refractivity contribution in [1.82, 2.24) is 10.2 Å². The number of benzene rings is 2. The molecular weight excluding hydrogens is 368 g/mol. The Balaban J connectivity index is 2.10. The number of hydrogen-bond acceptors (Lipinski definition) is 3. The summed E-state index contributed by atoms with van der Waals surface area (Å²) < 4.78 is 0. The highest BCUT2D eigenvalue weighted by Crippen LogP contribution is 2.18. The van der Waals surface area contributed by atoms with Crippen molar-refractivity contribution in [2.45, 2.75) is 45.5 Å². The van der Waals surface area contributed by atoms with Crippen LogP contribution in [0.15, 0.2) is 48.5 Å². The molecule has 2 aromatic carbocycles. The molecule has 2 amide bonds. The van der Waals surface area contributed by atoms with E-state index in [0.29, 0.717) is 18.7 Å². The van der Waals surface area contributed by atoms with Crippen LogP contribution in [0.4, 0.5) is 0 Å². The van der Waals surface area contributed by atoms with Crippen molar-refractivity contribution in [3.8, 4) is 0 Å². The molecule has 28 heavy (non-hydrogen) atoms. The van der Waals surface area contributed by atoms with Crippen molar-refractivity contribution >= 4 is 23.6 Å². The van der Waals surface area contributed by atoms with E-state index in [1.807, 2.05) is 38.1 Å². The van der Waals surface area contributed by atoms with Crippen LogP contribution in [0.3, 0.4) is 0 Å². The van der Waals surface area contributed by atoms with Crippen molar-refractivity contribution in [3.63, 3.8) is 0 Å². The van der Waals surface area contributed by atoms with Crippen molar-refractivity contribution in [2.24, 2.45) is 0 Å². The first-order valence-electron chi connectivity index (χ1n) is 9.64. The van der Waals surface area contributed by atoms with Gasteiger partial charge in [-0.1, -0.05) is 66.6 Å². The molecule has 5 heteroatoms. The van der Waals surface area contributed by atoms with Crippen molar-refractivity contribution < 1.29 is 9.59 Å². The number of rotatable bonds is 9. The minimum absolute atomic E-state index is 0.00499. The fraction of sp³-hybridized carbons (Fsp3) is 0.391. The molecule has 0 saturated heterocycles. The van der Waals surface area contributed by atoms with E-state index in [1.54, 1.807) is 23.7 Å². The second-order valence-electron chi connectivity index (χ2n) is 7.03. The number of aryl methyl sites for hydroxylation is 2. The second kappa shape index (κ2) is 10.9. The highest BCUT2D eigenvalue weighted by atomic mass is 32.2. The lowest BCUT2D eigenvalue weighted by Crippen LogP contribution is -2.48. The van der Waals surface area contributed by atoms with Gasteiger partial charge in [0.2, 0.25) is 11.8 Å². The fourth-order valence-electron chi connectivity index (χ4n) is 3.23. The van der Waals surface area contributed by atoms with Crippen LogP contribution in [-0.4, -0.2) is 35.6 Å². The van der Waals surface area contributed by atoms with Gasteiger partial charge in [-0.2, -0.15) is 0 Å². The Kier molecular flexibility index (Phi) is 8.58. The van der Waals surface area contributed by atoms with Crippen LogP contribution in [0.1, 0.15) is 35.6 Å². The second-order valence-corrected chi connectivity index (χ2v) is 8.02. The van der Waals surface area contributed by atoms with Gasteiger partial charge in [0, 0.05) is 19.3 Å². The summed E-state index contributed by atoms with van der Waals surface area (Å²) in [5.74, 6) is 1.01. The summed E-state index contributed by atoms with van der Waals surface area (Å²) in [5, 5.41) is 2.70. The lowest BCUT2D eigenvalue weighted by molar-refractivity contribution is -0.139. The lowest BCUT2D eigenvalue weighted by atomic mass is 10.1. The number of nitrogens with one attached hydrogen (secondary N) is 1. The minimum atomic E-state index is -0.461. The average Bonchev–Trinajstić information content (AvgIpc) is 2.67. The zero-order valence-corrected chi connectivity index (χ0v) is 18.0. The van der Waals surface area contributed by atoms with Gasteiger partial charge in [0.1, 0.15) is 6.04 Å². The third-order valence-electron chi connectivity index (χ3n) is 4.64. The Hall–Kier alpha value is -2.27. The molecule has 0 aliphatic carbocycles. The standard InChI is InChI=1S/C23H30N2O2S/c1-5-21(23(27)24-4)25(14-19-10-6-8-17(2)12-19)22(26)16-28-15-20-11-7-9-18(3)13-20/h6-13,21H,5,14-16H2,1-4H3,(H,24,27)/t21-/m1/s1. The third kappa shape index (κ3) is 6.41. The summed E-state index contributed by atoms with van der Waals surface area (Å²) in [6, 6.07) is 16.0. The van der Waals surface area contributed by atoms with Gasteiger partial charge in [-0.25, -0.2) is 0 Å². The van der Waals surface area contributed by atoms with Gasteiger partial charge >= 0.3 is 0 Å². The zero-order chi connectivity index (χ0) is 20.5. The quantitative estimate of drug-likeness (QED) is 0.692. The van der Waals surface area contributed by atoms with Gasteiger partial charge in [0.25, 0.3) is 0 Å². The molecule has 0 aromatic heterocycles. The molecule has 0 aliphatic rings. The number of amides is 2. The first-order chi connectivity index (χ1) is 13.4. The topological polar surface area (TPSA) is 49.4 Å². The van der Waals surface area contributed by atoms with Gasteiger partial charge in [-0.15, -0.1) is 11.8 Å². The van der Waals surface area contributed by atoms with Crippen LogP contribution < -0.4 is 5.32 Å². The normalized spacial score (nSPS) is 11.7. The molecule has 150 valence electrons. The van der Waals surface area contributed by atoms with Gasteiger partial charge in [0.05, 0.1) is 5.75 Å². The van der Waals surface area contributed by atoms with E-state index in [0.717, 1.165) is 16.9 Å². The van der Waals surface area contributed by atoms with E-state index in [9.17, 15) is 9.59 Å². The van der Waals surface area contributed by atoms with Gasteiger partial charge in [0.15, 0.2) is 0 Å². The van der Waals surface area contributed by atoms with Gasteiger partial charge < -0.3 is 10.2 Å². The highest BCUT2D eigenvalue weighted by molar-refractivity contribution is 7.99. The molecule has 2 aromatic rings. The molecule has 0 saturated carbocycles. The van der Waals surface area contributed by atoms with Crippen molar-refractivity contribution in [1.29, 1.82) is 0 Å². The Morgan fingerprint density at radius 3 is 2.21 bits per heavy atom. The number of likely N-dealkylation sites (N-methyl/N-ethyl adjacent to an activating group) is 1. The summed E-state index contributed by atoms with van der Waals surface area (Å²) in [7, 11) is 1.62. The molecular formula is C23H30N2O2S. The van der Waals surface area contributed by atoms with E-state index in [-0.39, 0.29) is 11.8 Å². The Labute approximate surface area is 172 Å². The van der Waals surface area contributed by atoms with Gasteiger partial charge in [-0.3, -0.25) is 9.59 Å². The first kappa shape index (κ1) is 22.0. The van der Waals surface area contributed by atoms with Crippen LogP contribution in [0, 0.1) is 13.8 Å². The summed E-state index contributed by atoms with van der Waals surface area (Å²) in [5.41, 5.74) is 4.61. The molecule has 4 nitrogen and oxygen atoms in total. The van der Waals surface area contributed by atoms with Gasteiger partial charge in [-0.05, 0) is 31.4 Å². The minimum Gasteiger partial charge on any atom is -0.357 e. The maximum absolute atomic E-state index is 13.0. The molecule has 1 N–H and O–H groups in total. The Bertz CT molecular complexity index is 807.